The lowest BCUT2D eigenvalue weighted by molar-refractivity contribution is 0.468. The molecule has 0 fully saturated rings. The first-order chi connectivity index (χ1) is 6.20. The molecule has 0 amide bonds. The first kappa shape index (κ1) is 9.26. The molecule has 0 aliphatic carbocycles. The summed E-state index contributed by atoms with van der Waals surface area (Å²) < 4.78 is 0. The number of hydrogen-bond acceptors (Lipinski definition) is 2. The fourth-order valence-corrected chi connectivity index (χ4v) is 0.780. The van der Waals surface area contributed by atoms with E-state index in [-0.39, 0.29) is 5.75 Å². The Morgan fingerprint density at radius 2 is 1.77 bits per heavy atom. The molecule has 0 aliphatic rings. The Balaban J connectivity index is 3.49. The van der Waals surface area contributed by atoms with E-state index < -0.39 is 0 Å². The van der Waals surface area contributed by atoms with E-state index in [2.05, 4.69) is 18.1 Å². The van der Waals surface area contributed by atoms with Gasteiger partial charge in [-0.3, -0.25) is 4.98 Å². The van der Waals surface area contributed by atoms with E-state index in [4.69, 9.17) is 0 Å². The zero-order valence-corrected chi connectivity index (χ0v) is 7.27. The normalized spacial score (nSPS) is 8.92. The van der Waals surface area contributed by atoms with Crippen molar-refractivity contribution in [3.05, 3.63) is 47.1 Å². The summed E-state index contributed by atoms with van der Waals surface area (Å²) in [6.45, 7) is 7.35. The summed E-state index contributed by atoms with van der Waals surface area (Å²) >= 11 is 0. The fraction of sp³-hybridized carbons (Fsp3) is 0. The van der Waals surface area contributed by atoms with Gasteiger partial charge in [-0.2, -0.15) is 0 Å². The van der Waals surface area contributed by atoms with Crippen LogP contribution in [0, 0.1) is 0 Å². The van der Waals surface area contributed by atoms with E-state index in [0.717, 1.165) is 5.22 Å². The number of hydrogen-bond donors (Lipinski definition) is 1. The molecule has 66 valence electrons. The Morgan fingerprint density at radius 3 is 2.54 bits per heavy atom. The van der Waals surface area contributed by atoms with Gasteiger partial charge in [-0.05, 0) is 17.4 Å². The second kappa shape index (κ2) is 4.26. The fourth-order valence-electron chi connectivity index (χ4n) is 0.780. The summed E-state index contributed by atoms with van der Waals surface area (Å²) in [4.78, 5) is 3.90. The predicted octanol–water partition coefficient (Wildman–Crippen LogP) is 0.732. The molecule has 0 atom stereocenters. The number of aromatic nitrogens is 1. The van der Waals surface area contributed by atoms with Crippen molar-refractivity contribution in [2.45, 2.75) is 0 Å². The van der Waals surface area contributed by atoms with Crippen molar-refractivity contribution < 1.29 is 5.11 Å². The van der Waals surface area contributed by atoms with Crippen molar-refractivity contribution in [2.75, 3.05) is 0 Å². The van der Waals surface area contributed by atoms with Gasteiger partial charge in [0.2, 0.25) is 0 Å². The van der Waals surface area contributed by atoms with Gasteiger partial charge in [0.15, 0.2) is 0 Å². The Labute approximate surface area is 76.8 Å². The summed E-state index contributed by atoms with van der Waals surface area (Å²) in [7, 11) is 0. The average molecular weight is 173 g/mol. The van der Waals surface area contributed by atoms with Gasteiger partial charge < -0.3 is 5.11 Å². The van der Waals surface area contributed by atoms with Crippen molar-refractivity contribution >= 4 is 13.2 Å². The highest BCUT2D eigenvalue weighted by molar-refractivity contribution is 5.18. The summed E-state index contributed by atoms with van der Waals surface area (Å²) in [6.07, 6.45) is 1.57. The van der Waals surface area contributed by atoms with Crippen LogP contribution in [-0.2, 0) is 0 Å². The maximum absolute atomic E-state index is 9.33. The van der Waals surface area contributed by atoms with Crippen molar-refractivity contribution in [2.24, 2.45) is 0 Å². The third-order valence-corrected chi connectivity index (χ3v) is 1.49. The molecule has 0 aromatic carbocycles. The van der Waals surface area contributed by atoms with E-state index in [9.17, 15) is 5.11 Å². The summed E-state index contributed by atoms with van der Waals surface area (Å²) in [5.74, 6) is 0.0654. The molecule has 0 bridgehead atoms. The molecule has 2 nitrogen and oxygen atoms in total. The van der Waals surface area contributed by atoms with Crippen molar-refractivity contribution in [1.29, 1.82) is 0 Å². The molecular weight excluding hydrogens is 162 g/mol. The Hall–Kier alpha value is -1.83. The van der Waals surface area contributed by atoms with Gasteiger partial charge in [0.05, 0.1) is 5.35 Å². The minimum Gasteiger partial charge on any atom is -0.506 e. The first-order valence-electron chi connectivity index (χ1n) is 3.86. The molecule has 1 N–H and O–H groups in total. The van der Waals surface area contributed by atoms with Gasteiger partial charge in [0, 0.05) is 6.20 Å². The number of rotatable bonds is 0. The van der Waals surface area contributed by atoms with Crippen LogP contribution in [0.2, 0.25) is 0 Å². The van der Waals surface area contributed by atoms with Crippen molar-refractivity contribution in [3.8, 4) is 5.75 Å². The maximum Gasteiger partial charge on any atom is 0.140 e. The van der Waals surface area contributed by atoms with Gasteiger partial charge >= 0.3 is 0 Å². The smallest absolute Gasteiger partial charge is 0.140 e. The summed E-state index contributed by atoms with van der Waals surface area (Å²) in [5, 5.41) is 10.5. The highest BCUT2D eigenvalue weighted by atomic mass is 16.3. The highest BCUT2D eigenvalue weighted by Crippen LogP contribution is 1.90. The summed E-state index contributed by atoms with van der Waals surface area (Å²) in [5.41, 5.74) is 0. The molecule has 2 heteroatoms. The van der Waals surface area contributed by atoms with Crippen molar-refractivity contribution in [3.63, 3.8) is 0 Å². The van der Waals surface area contributed by atoms with Crippen LogP contribution in [0.3, 0.4) is 0 Å². The Morgan fingerprint density at radius 1 is 1.08 bits per heavy atom. The topological polar surface area (TPSA) is 33.1 Å². The molecular formula is C11H11NO. The lowest BCUT2D eigenvalue weighted by atomic mass is 10.4. The molecule has 0 saturated heterocycles. The van der Waals surface area contributed by atoms with Crippen LogP contribution in [-0.4, -0.2) is 10.1 Å². The lowest BCUT2D eigenvalue weighted by Crippen LogP contribution is -2.00. The second-order valence-corrected chi connectivity index (χ2v) is 2.57. The minimum absolute atomic E-state index is 0.0654. The molecule has 0 aliphatic heterocycles. The molecule has 1 rings (SSSR count). The molecule has 0 radical (unpaired) electrons. The largest absolute Gasteiger partial charge is 0.506 e. The van der Waals surface area contributed by atoms with Gasteiger partial charge in [0.1, 0.15) is 5.75 Å². The molecule has 1 aromatic heterocycles. The minimum atomic E-state index is 0.0654. The van der Waals surface area contributed by atoms with Gasteiger partial charge in [-0.1, -0.05) is 31.4 Å². The van der Waals surface area contributed by atoms with Gasteiger partial charge in [0.25, 0.3) is 0 Å². The zero-order chi connectivity index (χ0) is 9.68. The van der Waals surface area contributed by atoms with E-state index in [1.807, 2.05) is 6.07 Å². The highest BCUT2D eigenvalue weighted by Gasteiger charge is 1.80. The van der Waals surface area contributed by atoms with Gasteiger partial charge in [-0.25, -0.2) is 0 Å². The van der Waals surface area contributed by atoms with Crippen LogP contribution < -0.4 is 10.6 Å². The van der Waals surface area contributed by atoms with Crippen molar-refractivity contribution in [1.82, 2.24) is 4.98 Å². The molecule has 0 unspecified atom stereocenters. The molecule has 1 aromatic rings. The third kappa shape index (κ3) is 2.95. The third-order valence-electron chi connectivity index (χ3n) is 1.49. The predicted molar refractivity (Wildman–Crippen MR) is 53.8 cm³/mol. The quantitative estimate of drug-likeness (QED) is 0.627. The first-order valence-corrected chi connectivity index (χ1v) is 3.86. The van der Waals surface area contributed by atoms with Crippen LogP contribution in [0.25, 0.3) is 13.2 Å². The average Bonchev–Trinajstić information content (AvgIpc) is 2.11. The Kier molecular flexibility index (Phi) is 3.03. The van der Waals surface area contributed by atoms with E-state index in [1.54, 1.807) is 24.4 Å². The van der Waals surface area contributed by atoms with Crippen LogP contribution in [0.15, 0.2) is 36.5 Å². The standard InChI is InChI=1S/C11H11NO/c1-9-5-3-7-11(13)10(2)12-8-4-6-9/h3-8,13H,1-2H2. The number of nitrogens with zero attached hydrogens (tertiary/aromatic N) is 1. The second-order valence-electron chi connectivity index (χ2n) is 2.57. The van der Waals surface area contributed by atoms with E-state index in [0.29, 0.717) is 5.35 Å². The molecule has 13 heavy (non-hydrogen) atoms. The van der Waals surface area contributed by atoms with Crippen LogP contribution >= 0.6 is 0 Å². The summed E-state index contributed by atoms with van der Waals surface area (Å²) in [6, 6.07) is 8.59. The molecule has 1 heterocycles. The van der Waals surface area contributed by atoms with E-state index in [1.165, 1.54) is 6.07 Å². The van der Waals surface area contributed by atoms with Crippen LogP contribution in [0.4, 0.5) is 0 Å². The van der Waals surface area contributed by atoms with Gasteiger partial charge in [-0.15, -0.1) is 0 Å². The lowest BCUT2D eigenvalue weighted by Gasteiger charge is -1.83. The monoisotopic (exact) mass is 173 g/mol. The zero-order valence-electron chi connectivity index (χ0n) is 7.27. The maximum atomic E-state index is 9.33. The molecule has 0 spiro atoms. The Bertz CT molecular complexity index is 438. The molecule has 0 saturated carbocycles. The van der Waals surface area contributed by atoms with Crippen LogP contribution in [0.1, 0.15) is 0 Å². The SMILES string of the molecule is C=c1cccnc(=C)c(O)ccc1. The van der Waals surface area contributed by atoms with E-state index >= 15 is 0 Å². The number of aromatic hydroxyl groups is 1. The van der Waals surface area contributed by atoms with Crippen LogP contribution in [0.5, 0.6) is 5.75 Å².